The summed E-state index contributed by atoms with van der Waals surface area (Å²) in [5.74, 6) is -0.754. The zero-order valence-electron chi connectivity index (χ0n) is 8.92. The molecule has 2 rings (SSSR count). The van der Waals surface area contributed by atoms with E-state index in [1.54, 1.807) is 6.07 Å². The van der Waals surface area contributed by atoms with Crippen molar-refractivity contribution in [3.63, 3.8) is 0 Å². The molecule has 0 unspecified atom stereocenters. The van der Waals surface area contributed by atoms with Gasteiger partial charge in [-0.25, -0.2) is 0 Å². The summed E-state index contributed by atoms with van der Waals surface area (Å²) in [6, 6.07) is 2.87. The Morgan fingerprint density at radius 1 is 1.37 bits per heavy atom. The third-order valence-corrected chi connectivity index (χ3v) is 3.40. The first-order valence-corrected chi connectivity index (χ1v) is 6.71. The summed E-state index contributed by atoms with van der Waals surface area (Å²) in [6.07, 6.45) is 1.29. The van der Waals surface area contributed by atoms with Crippen molar-refractivity contribution < 1.29 is 9.72 Å². The Morgan fingerprint density at radius 2 is 2.00 bits per heavy atom. The van der Waals surface area contributed by atoms with Crippen LogP contribution in [0.3, 0.4) is 0 Å². The molecule has 1 aromatic heterocycles. The van der Waals surface area contributed by atoms with Gasteiger partial charge in [-0.05, 0) is 6.07 Å². The van der Waals surface area contributed by atoms with Crippen molar-refractivity contribution in [2.45, 2.75) is 3.79 Å². The third kappa shape index (κ3) is 2.72. The molecule has 0 bridgehead atoms. The number of carbonyl (C=O) groups excluding carboxylic acids is 1. The van der Waals surface area contributed by atoms with Crippen molar-refractivity contribution in [2.24, 2.45) is 0 Å². The van der Waals surface area contributed by atoms with Crippen molar-refractivity contribution in [3.05, 3.63) is 38.5 Å². The van der Waals surface area contributed by atoms with Crippen LogP contribution in [0, 0.1) is 10.1 Å². The molecule has 0 aliphatic carbocycles. The van der Waals surface area contributed by atoms with Crippen LogP contribution < -0.4 is 0 Å². The summed E-state index contributed by atoms with van der Waals surface area (Å²) in [4.78, 5) is 25.0. The minimum absolute atomic E-state index is 0.0828. The van der Waals surface area contributed by atoms with E-state index >= 15 is 0 Å². The second-order valence-electron chi connectivity index (χ2n) is 3.63. The molecule has 9 heteroatoms. The maximum Gasteiger partial charge on any atom is 0.294 e. The molecule has 19 heavy (non-hydrogen) atoms. The molecule has 0 saturated heterocycles. The van der Waals surface area contributed by atoms with Crippen LogP contribution in [0.25, 0.3) is 10.9 Å². The van der Waals surface area contributed by atoms with Crippen LogP contribution in [0.15, 0.2) is 22.8 Å². The van der Waals surface area contributed by atoms with E-state index in [9.17, 15) is 14.9 Å². The molecule has 0 spiro atoms. The number of nitro groups is 1. The van der Waals surface area contributed by atoms with Crippen molar-refractivity contribution in [1.82, 2.24) is 4.98 Å². The number of ketones is 1. The Bertz CT molecular complexity index is 693. The number of benzene rings is 1. The van der Waals surface area contributed by atoms with Gasteiger partial charge in [0.05, 0.1) is 4.92 Å². The Morgan fingerprint density at radius 3 is 2.53 bits per heavy atom. The highest BCUT2D eigenvalue weighted by atomic mass is 79.9. The number of aromatic nitrogens is 1. The topological polar surface area (TPSA) is 76.0 Å². The SMILES string of the molecule is O=C(c1c[nH]c2c([N+](=O)[O-])cc(Br)cc12)C(Cl)(Cl)Cl. The van der Waals surface area contributed by atoms with Crippen molar-refractivity contribution in [2.75, 3.05) is 0 Å². The zero-order chi connectivity index (χ0) is 14.4. The van der Waals surface area contributed by atoms with E-state index in [0.717, 1.165) is 0 Å². The van der Waals surface area contributed by atoms with Gasteiger partial charge in [0.1, 0.15) is 5.52 Å². The number of fused-ring (bicyclic) bond motifs is 1. The number of carbonyl (C=O) groups is 1. The van der Waals surface area contributed by atoms with Gasteiger partial charge in [0.15, 0.2) is 0 Å². The van der Waals surface area contributed by atoms with Crippen LogP contribution >= 0.6 is 50.7 Å². The average molecular weight is 386 g/mol. The summed E-state index contributed by atoms with van der Waals surface area (Å²) < 4.78 is -1.67. The smallest absolute Gasteiger partial charge is 0.294 e. The van der Waals surface area contributed by atoms with Crippen LogP contribution in [-0.4, -0.2) is 19.5 Å². The van der Waals surface area contributed by atoms with Gasteiger partial charge < -0.3 is 4.98 Å². The lowest BCUT2D eigenvalue weighted by Gasteiger charge is -2.08. The lowest BCUT2D eigenvalue weighted by atomic mass is 10.1. The number of hydrogen-bond donors (Lipinski definition) is 1. The molecule has 0 aliphatic heterocycles. The van der Waals surface area contributed by atoms with Gasteiger partial charge in [0, 0.05) is 27.7 Å². The number of hydrogen-bond acceptors (Lipinski definition) is 3. The van der Waals surface area contributed by atoms with Crippen molar-refractivity contribution in [1.29, 1.82) is 0 Å². The Balaban J connectivity index is 2.74. The Labute approximate surface area is 130 Å². The zero-order valence-corrected chi connectivity index (χ0v) is 12.8. The number of alkyl halides is 3. The number of rotatable bonds is 2. The van der Waals surface area contributed by atoms with Gasteiger partial charge >= 0.3 is 0 Å². The molecule has 2 aromatic rings. The Kier molecular flexibility index (Phi) is 3.79. The predicted octanol–water partition coefficient (Wildman–Crippen LogP) is 4.39. The first-order chi connectivity index (χ1) is 8.71. The molecular weight excluding hydrogens is 382 g/mol. The molecule has 0 fully saturated rings. The molecule has 0 saturated carbocycles. The van der Waals surface area contributed by atoms with Crippen LogP contribution in [0.5, 0.6) is 0 Å². The van der Waals surface area contributed by atoms with E-state index in [4.69, 9.17) is 34.8 Å². The lowest BCUT2D eigenvalue weighted by Crippen LogP contribution is -2.18. The average Bonchev–Trinajstić information content (AvgIpc) is 2.68. The van der Waals surface area contributed by atoms with E-state index in [2.05, 4.69) is 20.9 Å². The second kappa shape index (κ2) is 4.94. The van der Waals surface area contributed by atoms with E-state index in [1.165, 1.54) is 12.3 Å². The van der Waals surface area contributed by atoms with Crippen LogP contribution in [-0.2, 0) is 0 Å². The first-order valence-electron chi connectivity index (χ1n) is 4.78. The highest BCUT2D eigenvalue weighted by Crippen LogP contribution is 2.36. The minimum Gasteiger partial charge on any atom is -0.355 e. The number of H-pyrrole nitrogens is 1. The molecular formula is C10H4BrCl3N2O3. The molecule has 1 aromatic carbocycles. The number of Topliss-reactive ketones (excluding diaryl/α,β-unsaturated/α-hetero) is 1. The Hall–Kier alpha value is -0.820. The second-order valence-corrected chi connectivity index (χ2v) is 6.83. The molecule has 0 amide bonds. The fourth-order valence-corrected chi connectivity index (χ4v) is 2.41. The standard InChI is InChI=1S/C10H4BrCl3N2O3/c11-4-1-5-6(9(17)10(12,13)14)3-15-8(5)7(2-4)16(18)19/h1-3,15H. The van der Waals surface area contributed by atoms with E-state index < -0.39 is 14.5 Å². The fourth-order valence-electron chi connectivity index (χ4n) is 1.66. The molecule has 0 radical (unpaired) electrons. The molecule has 0 aliphatic rings. The number of halogens is 4. The normalized spacial score (nSPS) is 11.8. The van der Waals surface area contributed by atoms with Gasteiger partial charge in [-0.3, -0.25) is 14.9 Å². The lowest BCUT2D eigenvalue weighted by molar-refractivity contribution is -0.383. The molecule has 0 atom stereocenters. The number of non-ortho nitro benzene ring substituents is 1. The van der Waals surface area contributed by atoms with Gasteiger partial charge in [-0.2, -0.15) is 0 Å². The van der Waals surface area contributed by atoms with Gasteiger partial charge in [0.2, 0.25) is 5.78 Å². The van der Waals surface area contributed by atoms with Crippen LogP contribution in [0.2, 0.25) is 0 Å². The molecule has 1 heterocycles. The van der Waals surface area contributed by atoms with Crippen LogP contribution in [0.4, 0.5) is 5.69 Å². The summed E-state index contributed by atoms with van der Waals surface area (Å²) in [6.45, 7) is 0. The van der Waals surface area contributed by atoms with Crippen molar-refractivity contribution >= 4 is 73.1 Å². The molecule has 100 valence electrons. The van der Waals surface area contributed by atoms with E-state index in [0.29, 0.717) is 9.86 Å². The quantitative estimate of drug-likeness (QED) is 0.360. The largest absolute Gasteiger partial charge is 0.355 e. The van der Waals surface area contributed by atoms with Gasteiger partial charge in [0.25, 0.3) is 9.48 Å². The van der Waals surface area contributed by atoms with Gasteiger partial charge in [-0.1, -0.05) is 50.7 Å². The van der Waals surface area contributed by atoms with E-state index in [-0.39, 0.29) is 16.8 Å². The molecule has 1 N–H and O–H groups in total. The number of nitro benzene ring substituents is 1. The fraction of sp³-hybridized carbons (Fsp3) is 0.100. The minimum atomic E-state index is -2.12. The summed E-state index contributed by atoms with van der Waals surface area (Å²) in [5, 5.41) is 11.3. The molecule has 5 nitrogen and oxygen atoms in total. The number of nitrogens with one attached hydrogen (secondary N) is 1. The highest BCUT2D eigenvalue weighted by Gasteiger charge is 2.34. The maximum absolute atomic E-state index is 11.9. The number of nitrogens with zero attached hydrogens (tertiary/aromatic N) is 1. The number of aromatic amines is 1. The predicted molar refractivity (Wildman–Crippen MR) is 77.3 cm³/mol. The van der Waals surface area contributed by atoms with Crippen LogP contribution in [0.1, 0.15) is 10.4 Å². The summed E-state index contributed by atoms with van der Waals surface area (Å²) in [7, 11) is 0. The van der Waals surface area contributed by atoms with Gasteiger partial charge in [-0.15, -0.1) is 0 Å². The van der Waals surface area contributed by atoms with E-state index in [1.807, 2.05) is 0 Å². The van der Waals surface area contributed by atoms with Crippen molar-refractivity contribution in [3.8, 4) is 0 Å². The highest BCUT2D eigenvalue weighted by molar-refractivity contribution is 9.10. The third-order valence-electron chi connectivity index (χ3n) is 2.43. The monoisotopic (exact) mass is 384 g/mol. The summed E-state index contributed by atoms with van der Waals surface area (Å²) >= 11 is 19.8. The summed E-state index contributed by atoms with van der Waals surface area (Å²) in [5.41, 5.74) is 0.109. The maximum atomic E-state index is 11.9. The first kappa shape index (κ1) is 14.6.